The van der Waals surface area contributed by atoms with Crippen molar-refractivity contribution in [2.75, 3.05) is 0 Å². The van der Waals surface area contributed by atoms with Crippen LogP contribution in [0.2, 0.25) is 0 Å². The first-order chi connectivity index (χ1) is 6.68. The van der Waals surface area contributed by atoms with Crippen LogP contribution in [-0.2, 0) is 0 Å². The molecule has 2 rings (SSSR count). The van der Waals surface area contributed by atoms with Gasteiger partial charge in [0.1, 0.15) is 5.69 Å². The summed E-state index contributed by atoms with van der Waals surface area (Å²) in [5, 5.41) is 10.8. The number of thiophene rings is 1. The third kappa shape index (κ3) is 1.63. The average molecular weight is 243 g/mol. The molecule has 0 fully saturated rings. The van der Waals surface area contributed by atoms with Gasteiger partial charge in [0.05, 0.1) is 4.88 Å². The highest BCUT2D eigenvalue weighted by Crippen LogP contribution is 2.32. The van der Waals surface area contributed by atoms with Crippen molar-refractivity contribution in [3.63, 3.8) is 0 Å². The van der Waals surface area contributed by atoms with Gasteiger partial charge in [-0.15, -0.1) is 22.7 Å². The number of thiazole rings is 1. The van der Waals surface area contributed by atoms with Crippen molar-refractivity contribution in [1.29, 1.82) is 0 Å². The molecule has 2 heterocycles. The van der Waals surface area contributed by atoms with Crippen molar-refractivity contribution in [2.45, 2.75) is 0 Å². The smallest absolute Gasteiger partial charge is 0.353 e. The first kappa shape index (κ1) is 9.57. The highest BCUT2D eigenvalue weighted by Gasteiger charge is 2.15. The maximum Gasteiger partial charge on any atom is 0.353 e. The number of hydrogen-bond donors (Lipinski definition) is 2. The van der Waals surface area contributed by atoms with Crippen LogP contribution >= 0.6 is 34.9 Å². The Kier molecular flexibility index (Phi) is 2.49. The maximum atomic E-state index is 10.9. The summed E-state index contributed by atoms with van der Waals surface area (Å²) >= 11 is 7.71. The monoisotopic (exact) mass is 243 g/mol. The molecule has 72 valence electrons. The van der Waals surface area contributed by atoms with Crippen molar-refractivity contribution in [2.24, 2.45) is 0 Å². The molecule has 0 bridgehead atoms. The highest BCUT2D eigenvalue weighted by molar-refractivity contribution is 7.73. The van der Waals surface area contributed by atoms with E-state index in [4.69, 9.17) is 17.3 Å². The van der Waals surface area contributed by atoms with E-state index in [9.17, 15) is 4.79 Å². The third-order valence-corrected chi connectivity index (χ3v) is 3.89. The predicted octanol–water partition coefficient (Wildman–Crippen LogP) is 3.23. The van der Waals surface area contributed by atoms with Crippen LogP contribution in [0, 0.1) is 3.95 Å². The number of carboxylic acid groups (broad SMARTS) is 1. The van der Waals surface area contributed by atoms with Crippen molar-refractivity contribution in [1.82, 2.24) is 4.98 Å². The fourth-order valence-electron chi connectivity index (χ4n) is 1.06. The van der Waals surface area contributed by atoms with Crippen molar-refractivity contribution in [3.8, 4) is 9.75 Å². The van der Waals surface area contributed by atoms with Crippen molar-refractivity contribution in [3.05, 3.63) is 27.2 Å². The number of aromatic carboxylic acids is 1. The summed E-state index contributed by atoms with van der Waals surface area (Å²) in [6.07, 6.45) is 0. The summed E-state index contributed by atoms with van der Waals surface area (Å²) < 4.78 is 0.491. The molecule has 0 atom stereocenters. The van der Waals surface area contributed by atoms with E-state index in [1.807, 2.05) is 17.5 Å². The molecule has 0 unspecified atom stereocenters. The molecule has 2 N–H and O–H groups in total. The van der Waals surface area contributed by atoms with E-state index < -0.39 is 5.97 Å². The van der Waals surface area contributed by atoms with Crippen LogP contribution in [0.5, 0.6) is 0 Å². The lowest BCUT2D eigenvalue weighted by Gasteiger charge is -1.93. The molecule has 0 aliphatic rings. The molecule has 0 saturated carbocycles. The first-order valence-corrected chi connectivity index (χ1v) is 5.79. The highest BCUT2D eigenvalue weighted by atomic mass is 32.1. The van der Waals surface area contributed by atoms with Crippen LogP contribution in [0.4, 0.5) is 0 Å². The molecular formula is C8H5NO2S3. The second-order valence-electron chi connectivity index (χ2n) is 2.50. The first-order valence-electron chi connectivity index (χ1n) is 3.69. The number of aromatic amines is 1. The lowest BCUT2D eigenvalue weighted by Crippen LogP contribution is -1.97. The fraction of sp³-hybridized carbons (Fsp3) is 0. The molecule has 2 aromatic rings. The number of H-pyrrole nitrogens is 1. The van der Waals surface area contributed by atoms with Gasteiger partial charge in [-0.1, -0.05) is 6.07 Å². The minimum absolute atomic E-state index is 0.183. The molecule has 0 aliphatic heterocycles. The van der Waals surface area contributed by atoms with Gasteiger partial charge in [-0.25, -0.2) is 4.79 Å². The second kappa shape index (κ2) is 3.64. The summed E-state index contributed by atoms with van der Waals surface area (Å²) in [4.78, 5) is 15.2. The Morgan fingerprint density at radius 3 is 2.93 bits per heavy atom. The zero-order valence-corrected chi connectivity index (χ0v) is 9.26. The minimum Gasteiger partial charge on any atom is -0.477 e. The molecule has 0 spiro atoms. The van der Waals surface area contributed by atoms with Gasteiger partial charge in [-0.2, -0.15) is 0 Å². The van der Waals surface area contributed by atoms with Gasteiger partial charge in [0.15, 0.2) is 3.95 Å². The van der Waals surface area contributed by atoms with E-state index in [0.717, 1.165) is 4.88 Å². The number of carboxylic acids is 1. The number of carbonyl (C=O) groups is 1. The topological polar surface area (TPSA) is 53.1 Å². The van der Waals surface area contributed by atoms with E-state index in [-0.39, 0.29) is 5.69 Å². The zero-order valence-electron chi connectivity index (χ0n) is 6.81. The molecule has 0 aliphatic carbocycles. The molecule has 2 aromatic heterocycles. The largest absolute Gasteiger partial charge is 0.477 e. The second-order valence-corrected chi connectivity index (χ2v) is 5.14. The van der Waals surface area contributed by atoms with Gasteiger partial charge in [0.25, 0.3) is 0 Å². The Morgan fingerprint density at radius 2 is 2.36 bits per heavy atom. The summed E-state index contributed by atoms with van der Waals surface area (Å²) in [5.41, 5.74) is 0.183. The molecule has 0 radical (unpaired) electrons. The van der Waals surface area contributed by atoms with Crippen LogP contribution in [0.25, 0.3) is 9.75 Å². The van der Waals surface area contributed by atoms with Crippen LogP contribution in [0.3, 0.4) is 0 Å². The normalized spacial score (nSPS) is 10.3. The van der Waals surface area contributed by atoms with E-state index in [1.54, 1.807) is 0 Å². The summed E-state index contributed by atoms with van der Waals surface area (Å²) in [6, 6.07) is 3.76. The summed E-state index contributed by atoms with van der Waals surface area (Å²) in [7, 11) is 0. The van der Waals surface area contributed by atoms with Gasteiger partial charge in [0.2, 0.25) is 0 Å². The Balaban J connectivity index is 2.63. The number of rotatable bonds is 2. The van der Waals surface area contributed by atoms with Crippen molar-refractivity contribution >= 4 is 40.9 Å². The molecule has 14 heavy (non-hydrogen) atoms. The Hall–Kier alpha value is -0.980. The van der Waals surface area contributed by atoms with E-state index in [2.05, 4.69) is 4.98 Å². The Morgan fingerprint density at radius 1 is 1.57 bits per heavy atom. The number of aromatic nitrogens is 1. The van der Waals surface area contributed by atoms with Gasteiger partial charge >= 0.3 is 5.97 Å². The quantitative estimate of drug-likeness (QED) is 0.796. The van der Waals surface area contributed by atoms with Crippen LogP contribution in [0.1, 0.15) is 10.5 Å². The van der Waals surface area contributed by atoms with Gasteiger partial charge in [0, 0.05) is 4.88 Å². The molecule has 0 saturated heterocycles. The SMILES string of the molecule is O=C(O)c1[nH]c(=S)sc1-c1cccs1. The Bertz CT molecular complexity index is 509. The predicted molar refractivity (Wildman–Crippen MR) is 59.8 cm³/mol. The zero-order chi connectivity index (χ0) is 10.1. The molecule has 0 aromatic carbocycles. The third-order valence-electron chi connectivity index (χ3n) is 1.61. The van der Waals surface area contributed by atoms with Gasteiger partial charge in [-0.05, 0) is 23.7 Å². The summed E-state index contributed by atoms with van der Waals surface area (Å²) in [6.45, 7) is 0. The van der Waals surface area contributed by atoms with E-state index in [1.165, 1.54) is 22.7 Å². The fourth-order valence-corrected chi connectivity index (χ4v) is 3.10. The Labute approximate surface area is 92.7 Å². The van der Waals surface area contributed by atoms with Gasteiger partial charge in [-0.3, -0.25) is 0 Å². The maximum absolute atomic E-state index is 10.9. The molecule has 0 amide bonds. The molecule has 6 heteroatoms. The average Bonchev–Trinajstić information content (AvgIpc) is 2.70. The number of hydrogen-bond acceptors (Lipinski definition) is 4. The van der Waals surface area contributed by atoms with Crippen LogP contribution in [-0.4, -0.2) is 16.1 Å². The minimum atomic E-state index is -0.972. The van der Waals surface area contributed by atoms with E-state index in [0.29, 0.717) is 8.83 Å². The standard InChI is InChI=1S/C8H5NO2S3/c10-7(11)5-6(14-8(12)9-5)4-2-1-3-13-4/h1-3H,(H,9,12)(H,10,11). The lowest BCUT2D eigenvalue weighted by atomic mass is 10.3. The van der Waals surface area contributed by atoms with Crippen LogP contribution in [0.15, 0.2) is 17.5 Å². The van der Waals surface area contributed by atoms with Crippen LogP contribution < -0.4 is 0 Å². The van der Waals surface area contributed by atoms with E-state index >= 15 is 0 Å². The van der Waals surface area contributed by atoms with Gasteiger partial charge < -0.3 is 10.1 Å². The lowest BCUT2D eigenvalue weighted by molar-refractivity contribution is 0.0692. The molecule has 3 nitrogen and oxygen atoms in total. The number of nitrogens with one attached hydrogen (secondary N) is 1. The summed E-state index contributed by atoms with van der Waals surface area (Å²) in [5.74, 6) is -0.972. The van der Waals surface area contributed by atoms with Crippen molar-refractivity contribution < 1.29 is 9.90 Å². The molecular weight excluding hydrogens is 238 g/mol.